The van der Waals surface area contributed by atoms with Gasteiger partial charge in [-0.1, -0.05) is 30.0 Å². The molecule has 2 N–H and O–H groups in total. The Morgan fingerprint density at radius 1 is 1.18 bits per heavy atom. The lowest BCUT2D eigenvalue weighted by Gasteiger charge is -2.04. The number of amides is 1. The number of aromatic amines is 1. The minimum atomic E-state index is -0.00251. The van der Waals surface area contributed by atoms with Gasteiger partial charge < -0.3 is 10.3 Å². The fourth-order valence-corrected chi connectivity index (χ4v) is 2.85. The molecule has 2 heterocycles. The van der Waals surface area contributed by atoms with Gasteiger partial charge >= 0.3 is 0 Å². The molecule has 0 unspecified atom stereocenters. The number of carbonyl (C=O) groups excluding carboxylic acids is 1. The lowest BCUT2D eigenvalue weighted by Crippen LogP contribution is -2.27. The summed E-state index contributed by atoms with van der Waals surface area (Å²) in [6, 6.07) is 9.92. The number of hydrogen-bond donors (Lipinski definition) is 2. The van der Waals surface area contributed by atoms with Crippen LogP contribution in [0.1, 0.15) is 5.56 Å². The highest BCUT2D eigenvalue weighted by Gasteiger charge is 2.06. The summed E-state index contributed by atoms with van der Waals surface area (Å²) in [6.07, 6.45) is 6.15. The molecular weight excluding hydrogens is 296 g/mol. The first-order chi connectivity index (χ1) is 10.8. The highest BCUT2D eigenvalue weighted by Crippen LogP contribution is 2.17. The Hall–Kier alpha value is -2.34. The molecule has 0 bridgehead atoms. The Labute approximate surface area is 132 Å². The molecule has 0 radical (unpaired) electrons. The number of thioether (sulfide) groups is 1. The van der Waals surface area contributed by atoms with Gasteiger partial charge in [0.1, 0.15) is 0 Å². The van der Waals surface area contributed by atoms with E-state index in [1.54, 1.807) is 18.5 Å². The molecule has 0 fully saturated rings. The zero-order valence-electron chi connectivity index (χ0n) is 12.0. The summed E-state index contributed by atoms with van der Waals surface area (Å²) in [5, 5.41) is 4.76. The van der Waals surface area contributed by atoms with Crippen molar-refractivity contribution in [1.29, 1.82) is 0 Å². The van der Waals surface area contributed by atoms with Gasteiger partial charge in [0.2, 0.25) is 5.91 Å². The van der Waals surface area contributed by atoms with Gasteiger partial charge in [0.25, 0.3) is 0 Å². The molecule has 3 rings (SSSR count). The van der Waals surface area contributed by atoms with E-state index in [9.17, 15) is 4.79 Å². The zero-order chi connectivity index (χ0) is 15.2. The van der Waals surface area contributed by atoms with Crippen LogP contribution < -0.4 is 5.32 Å². The second-order valence-corrected chi connectivity index (χ2v) is 5.72. The van der Waals surface area contributed by atoms with Crippen LogP contribution in [0.15, 0.2) is 54.1 Å². The van der Waals surface area contributed by atoms with Crippen molar-refractivity contribution in [3.8, 4) is 0 Å². The number of rotatable bonds is 6. The Morgan fingerprint density at radius 2 is 2.00 bits per heavy atom. The third-order valence-electron chi connectivity index (χ3n) is 3.27. The van der Waals surface area contributed by atoms with E-state index in [0.29, 0.717) is 17.5 Å². The van der Waals surface area contributed by atoms with Gasteiger partial charge in [-0.05, 0) is 24.1 Å². The Balaban J connectivity index is 1.45. The van der Waals surface area contributed by atoms with E-state index in [-0.39, 0.29) is 5.91 Å². The van der Waals surface area contributed by atoms with Crippen LogP contribution in [0, 0.1) is 0 Å². The fraction of sp³-hybridized carbons (Fsp3) is 0.188. The maximum absolute atomic E-state index is 11.8. The highest BCUT2D eigenvalue weighted by atomic mass is 32.2. The Bertz CT molecular complexity index is 757. The molecule has 0 spiro atoms. The molecule has 1 amide bonds. The van der Waals surface area contributed by atoms with Crippen LogP contribution in [0.4, 0.5) is 0 Å². The number of benzene rings is 1. The van der Waals surface area contributed by atoms with Crippen LogP contribution in [-0.2, 0) is 11.2 Å². The van der Waals surface area contributed by atoms with Crippen LogP contribution in [0.25, 0.3) is 10.9 Å². The molecule has 22 heavy (non-hydrogen) atoms. The summed E-state index contributed by atoms with van der Waals surface area (Å²) >= 11 is 1.34. The third-order valence-corrected chi connectivity index (χ3v) is 4.14. The molecule has 5 nitrogen and oxygen atoms in total. The lowest BCUT2D eigenvalue weighted by molar-refractivity contribution is -0.118. The van der Waals surface area contributed by atoms with Crippen LogP contribution in [0.2, 0.25) is 0 Å². The molecule has 0 saturated carbocycles. The number of aromatic nitrogens is 3. The van der Waals surface area contributed by atoms with E-state index in [4.69, 9.17) is 0 Å². The van der Waals surface area contributed by atoms with E-state index in [1.165, 1.54) is 22.7 Å². The molecule has 0 aliphatic rings. The van der Waals surface area contributed by atoms with Crippen molar-refractivity contribution in [2.75, 3.05) is 12.3 Å². The first kappa shape index (κ1) is 14.6. The van der Waals surface area contributed by atoms with Crippen LogP contribution >= 0.6 is 11.8 Å². The van der Waals surface area contributed by atoms with Gasteiger partial charge in [-0.15, -0.1) is 0 Å². The van der Waals surface area contributed by atoms with E-state index in [1.807, 2.05) is 24.4 Å². The van der Waals surface area contributed by atoms with Crippen LogP contribution in [0.3, 0.4) is 0 Å². The standard InChI is InChI=1S/C16H16N4OS/c21-15(11-22-16-18-7-3-8-19-16)17-9-6-12-10-20-14-5-2-1-4-13(12)14/h1-5,7-8,10,20H,6,9,11H2,(H,17,21). The second-order valence-electron chi connectivity index (χ2n) is 4.78. The molecule has 112 valence electrons. The molecule has 0 aliphatic heterocycles. The fourth-order valence-electron chi connectivity index (χ4n) is 2.22. The van der Waals surface area contributed by atoms with E-state index in [2.05, 4.69) is 26.3 Å². The van der Waals surface area contributed by atoms with Crippen LogP contribution in [0.5, 0.6) is 0 Å². The molecule has 0 saturated heterocycles. The van der Waals surface area contributed by atoms with Gasteiger partial charge in [0.05, 0.1) is 5.75 Å². The minimum absolute atomic E-state index is 0.00251. The molecule has 2 aromatic heterocycles. The number of nitrogens with zero attached hydrogens (tertiary/aromatic N) is 2. The predicted molar refractivity (Wildman–Crippen MR) is 87.8 cm³/mol. The third kappa shape index (κ3) is 3.65. The summed E-state index contributed by atoms with van der Waals surface area (Å²) in [4.78, 5) is 23.2. The van der Waals surface area contributed by atoms with Crippen LogP contribution in [-0.4, -0.2) is 33.2 Å². The lowest BCUT2D eigenvalue weighted by atomic mass is 10.1. The average Bonchev–Trinajstić information content (AvgIpc) is 2.97. The Morgan fingerprint density at radius 3 is 2.86 bits per heavy atom. The average molecular weight is 312 g/mol. The number of hydrogen-bond acceptors (Lipinski definition) is 4. The van der Waals surface area contributed by atoms with Crippen molar-refractivity contribution in [3.05, 3.63) is 54.5 Å². The number of H-pyrrole nitrogens is 1. The predicted octanol–water partition coefficient (Wildman–Crippen LogP) is 2.41. The van der Waals surface area contributed by atoms with Gasteiger partial charge in [0, 0.05) is 36.0 Å². The van der Waals surface area contributed by atoms with Crippen molar-refractivity contribution in [2.45, 2.75) is 11.6 Å². The number of para-hydroxylation sites is 1. The van der Waals surface area contributed by atoms with Crippen molar-refractivity contribution in [3.63, 3.8) is 0 Å². The van der Waals surface area contributed by atoms with Gasteiger partial charge in [-0.2, -0.15) is 0 Å². The van der Waals surface area contributed by atoms with Crippen molar-refractivity contribution >= 4 is 28.6 Å². The summed E-state index contributed by atoms with van der Waals surface area (Å²) in [7, 11) is 0. The maximum Gasteiger partial charge on any atom is 0.230 e. The van der Waals surface area contributed by atoms with E-state index in [0.717, 1.165) is 11.9 Å². The minimum Gasteiger partial charge on any atom is -0.361 e. The van der Waals surface area contributed by atoms with E-state index < -0.39 is 0 Å². The quantitative estimate of drug-likeness (QED) is 0.542. The smallest absolute Gasteiger partial charge is 0.230 e. The van der Waals surface area contributed by atoms with Crippen molar-refractivity contribution in [1.82, 2.24) is 20.3 Å². The summed E-state index contributed by atoms with van der Waals surface area (Å²) < 4.78 is 0. The van der Waals surface area contributed by atoms with Gasteiger partial charge in [0.15, 0.2) is 5.16 Å². The molecular formula is C16H16N4OS. The number of nitrogens with one attached hydrogen (secondary N) is 2. The maximum atomic E-state index is 11.8. The van der Waals surface area contributed by atoms with Gasteiger partial charge in [-0.3, -0.25) is 4.79 Å². The molecule has 3 aromatic rings. The summed E-state index contributed by atoms with van der Waals surface area (Å²) in [5.41, 5.74) is 2.34. The SMILES string of the molecule is O=C(CSc1ncccn1)NCCc1c[nH]c2ccccc12. The molecule has 0 atom stereocenters. The topological polar surface area (TPSA) is 70.7 Å². The summed E-state index contributed by atoms with van der Waals surface area (Å²) in [5.74, 6) is 0.329. The monoisotopic (exact) mass is 312 g/mol. The first-order valence-electron chi connectivity index (χ1n) is 7.04. The normalized spacial score (nSPS) is 10.7. The molecule has 0 aliphatic carbocycles. The molecule has 6 heteroatoms. The number of fused-ring (bicyclic) bond motifs is 1. The largest absolute Gasteiger partial charge is 0.361 e. The van der Waals surface area contributed by atoms with E-state index >= 15 is 0 Å². The van der Waals surface area contributed by atoms with Crippen molar-refractivity contribution < 1.29 is 4.79 Å². The van der Waals surface area contributed by atoms with Gasteiger partial charge in [-0.25, -0.2) is 9.97 Å². The molecule has 1 aromatic carbocycles. The first-order valence-corrected chi connectivity index (χ1v) is 8.03. The second kappa shape index (κ2) is 7.09. The Kier molecular flexibility index (Phi) is 4.70. The van der Waals surface area contributed by atoms with Crippen molar-refractivity contribution in [2.24, 2.45) is 0 Å². The number of carbonyl (C=O) groups is 1. The summed E-state index contributed by atoms with van der Waals surface area (Å²) in [6.45, 7) is 0.622. The zero-order valence-corrected chi connectivity index (χ0v) is 12.8. The highest BCUT2D eigenvalue weighted by molar-refractivity contribution is 7.99.